The van der Waals surface area contributed by atoms with Crippen molar-refractivity contribution in [3.05, 3.63) is 52.3 Å². The van der Waals surface area contributed by atoms with Crippen LogP contribution in [-0.4, -0.2) is 89.8 Å². The highest BCUT2D eigenvalue weighted by Gasteiger charge is 2.33. The summed E-state index contributed by atoms with van der Waals surface area (Å²) < 4.78 is 35.8. The molecule has 1 unspecified atom stereocenters. The Morgan fingerprint density at radius 3 is 2.63 bits per heavy atom. The van der Waals surface area contributed by atoms with Gasteiger partial charge in [-0.15, -0.1) is 4.99 Å². The van der Waals surface area contributed by atoms with Crippen molar-refractivity contribution in [3.8, 4) is 0 Å². The zero-order chi connectivity index (χ0) is 33.4. The fourth-order valence-electron chi connectivity index (χ4n) is 5.76. The normalized spacial score (nSPS) is 19.4. The summed E-state index contributed by atoms with van der Waals surface area (Å²) in [6, 6.07) is 6.13. The first-order valence-electron chi connectivity index (χ1n) is 15.4. The van der Waals surface area contributed by atoms with E-state index < -0.39 is 21.9 Å². The number of carbonyl (C=O) groups is 2. The highest BCUT2D eigenvalue weighted by atomic mass is 35.5. The Labute approximate surface area is 274 Å². The maximum Gasteiger partial charge on any atom is 0.594 e. The summed E-state index contributed by atoms with van der Waals surface area (Å²) in [5.74, 6) is 0.663. The lowest BCUT2D eigenvalue weighted by Gasteiger charge is -2.35. The number of likely N-dealkylation sites (tertiary alicyclic amines) is 1. The van der Waals surface area contributed by atoms with Crippen LogP contribution in [0.3, 0.4) is 0 Å². The maximum absolute atomic E-state index is 14.0. The number of hydrogen-bond donors (Lipinski definition) is 2. The Morgan fingerprint density at radius 1 is 1.15 bits per heavy atom. The molecule has 2 amide bonds. The minimum atomic E-state index is -3.85. The minimum absolute atomic E-state index is 0.144. The SMILES string of the molecule is Cc1cn2nc([C@@H]3CCCCN3C(=O)c3cc(Cl)ccc3NS(=O)(=O)N(C)C)cc2nc1N1CCC(/C=[NH+]\C(=O)OC(C)(C)C)C1. The third-order valence-corrected chi connectivity index (χ3v) is 9.70. The highest BCUT2D eigenvalue weighted by molar-refractivity contribution is 7.90. The van der Waals surface area contributed by atoms with Gasteiger partial charge in [-0.25, -0.2) is 9.50 Å². The summed E-state index contributed by atoms with van der Waals surface area (Å²) in [5.41, 5.74) is 2.10. The molecule has 2 saturated heterocycles. The second-order valence-corrected chi connectivity index (χ2v) is 15.3. The fraction of sp³-hybridized carbons (Fsp3) is 0.516. The highest BCUT2D eigenvalue weighted by Crippen LogP contribution is 2.35. The van der Waals surface area contributed by atoms with E-state index >= 15 is 0 Å². The van der Waals surface area contributed by atoms with Gasteiger partial charge >= 0.3 is 16.3 Å². The number of rotatable bonds is 7. The zero-order valence-corrected chi connectivity index (χ0v) is 28.7. The lowest BCUT2D eigenvalue weighted by atomic mass is 9.98. The van der Waals surface area contributed by atoms with Crippen molar-refractivity contribution in [1.82, 2.24) is 23.8 Å². The Hall–Kier alpha value is -3.75. The molecule has 46 heavy (non-hydrogen) atoms. The molecule has 1 aromatic carbocycles. The van der Waals surface area contributed by atoms with Gasteiger partial charge in [-0.05, 0) is 71.6 Å². The smallest absolute Gasteiger partial charge is 0.406 e. The number of hydrogen-bond acceptors (Lipinski definition) is 8. The average Bonchev–Trinajstić information content (AvgIpc) is 3.62. The largest absolute Gasteiger partial charge is 0.594 e. The number of amides is 2. The number of carbonyl (C=O) groups excluding carboxylic acids is 2. The monoisotopic (exact) mass is 673 g/mol. The van der Waals surface area contributed by atoms with Crippen LogP contribution in [0.5, 0.6) is 0 Å². The number of nitrogens with one attached hydrogen (secondary N) is 2. The van der Waals surface area contributed by atoms with Gasteiger partial charge in [0.2, 0.25) is 0 Å². The van der Waals surface area contributed by atoms with E-state index in [4.69, 9.17) is 26.4 Å². The molecule has 15 heteroatoms. The van der Waals surface area contributed by atoms with Crippen molar-refractivity contribution in [3.63, 3.8) is 0 Å². The first-order valence-corrected chi connectivity index (χ1v) is 17.2. The number of anilines is 2. The molecule has 0 radical (unpaired) electrons. The second kappa shape index (κ2) is 13.2. The molecule has 2 aliphatic rings. The summed E-state index contributed by atoms with van der Waals surface area (Å²) in [6.45, 7) is 9.45. The lowest BCUT2D eigenvalue weighted by molar-refractivity contribution is -0.372. The first-order chi connectivity index (χ1) is 21.6. The molecular formula is C31H42ClN8O5S+. The predicted molar refractivity (Wildman–Crippen MR) is 177 cm³/mol. The molecule has 0 saturated carbocycles. The number of benzene rings is 1. The number of ether oxygens (including phenoxy) is 1. The third-order valence-electron chi connectivity index (χ3n) is 8.02. The predicted octanol–water partition coefficient (Wildman–Crippen LogP) is 3.19. The van der Waals surface area contributed by atoms with Crippen LogP contribution >= 0.6 is 11.6 Å². The van der Waals surface area contributed by atoms with Crippen LogP contribution in [0.2, 0.25) is 5.02 Å². The Balaban J connectivity index is 1.37. The molecule has 4 heterocycles. The molecule has 0 aliphatic carbocycles. The molecule has 2 aromatic heterocycles. The summed E-state index contributed by atoms with van der Waals surface area (Å²) >= 11 is 6.27. The number of aromatic nitrogens is 3. The maximum atomic E-state index is 14.0. The van der Waals surface area contributed by atoms with Crippen molar-refractivity contribution in [2.24, 2.45) is 5.92 Å². The van der Waals surface area contributed by atoms with Gasteiger partial charge in [0.25, 0.3) is 5.91 Å². The quantitative estimate of drug-likeness (QED) is 0.364. The van der Waals surface area contributed by atoms with Crippen LogP contribution < -0.4 is 14.6 Å². The molecule has 2 N–H and O–H groups in total. The average molecular weight is 674 g/mol. The fourth-order valence-corrected chi connectivity index (χ4v) is 6.57. The Morgan fingerprint density at radius 2 is 1.91 bits per heavy atom. The van der Waals surface area contributed by atoms with Gasteiger partial charge in [0.15, 0.2) is 11.9 Å². The van der Waals surface area contributed by atoms with E-state index in [0.717, 1.165) is 41.5 Å². The van der Waals surface area contributed by atoms with Crippen LogP contribution in [0.15, 0.2) is 30.5 Å². The number of halogens is 1. The van der Waals surface area contributed by atoms with Crippen LogP contribution in [0.4, 0.5) is 16.3 Å². The van der Waals surface area contributed by atoms with Gasteiger partial charge in [0, 0.05) is 56.6 Å². The van der Waals surface area contributed by atoms with E-state index in [2.05, 4.69) is 14.6 Å². The molecule has 0 spiro atoms. The number of nitrogens with zero attached hydrogens (tertiary/aromatic N) is 6. The van der Waals surface area contributed by atoms with Gasteiger partial charge in [0.05, 0.1) is 28.9 Å². The van der Waals surface area contributed by atoms with Crippen molar-refractivity contribution < 1.29 is 27.7 Å². The molecule has 248 valence electrons. The standard InChI is InChI=1S/C31H41ClN8O5S/c1-20-18-40-27(34-28(20)38-14-12-21(19-38)17-33-30(42)45-31(2,3)4)16-25(35-40)26-9-7-8-13-39(26)29(41)23-15-22(32)10-11-24(23)36-46(43,44)37(5)6/h10-11,15-18,21,26,36H,7-9,12-14,19H2,1-6H3/p+1/b33-17-/t21?,26-/m0/s1. The van der Waals surface area contributed by atoms with Crippen molar-refractivity contribution >= 4 is 57.2 Å². The van der Waals surface area contributed by atoms with Gasteiger partial charge in [-0.1, -0.05) is 11.6 Å². The third kappa shape index (κ3) is 7.61. The van der Waals surface area contributed by atoms with E-state index in [1.165, 1.54) is 26.2 Å². The summed E-state index contributed by atoms with van der Waals surface area (Å²) in [6.07, 6.45) is 6.56. The molecular weight excluding hydrogens is 632 g/mol. The van der Waals surface area contributed by atoms with Gasteiger partial charge in [-0.2, -0.15) is 22.6 Å². The van der Waals surface area contributed by atoms with Gasteiger partial charge in [0.1, 0.15) is 11.4 Å². The molecule has 3 aromatic rings. The lowest BCUT2D eigenvalue weighted by Crippen LogP contribution is -2.75. The van der Waals surface area contributed by atoms with Crippen LogP contribution in [0, 0.1) is 12.8 Å². The van der Waals surface area contributed by atoms with Crippen LogP contribution in [0.1, 0.15) is 74.1 Å². The second-order valence-electron chi connectivity index (χ2n) is 13.0. The van der Waals surface area contributed by atoms with Crippen molar-refractivity contribution in [2.45, 2.75) is 65.0 Å². The number of piperidine rings is 1. The Kier molecular flexibility index (Phi) is 9.62. The van der Waals surface area contributed by atoms with Gasteiger partial charge in [-0.3, -0.25) is 9.52 Å². The van der Waals surface area contributed by atoms with E-state index in [0.29, 0.717) is 35.9 Å². The molecule has 5 rings (SSSR count). The summed E-state index contributed by atoms with van der Waals surface area (Å²) in [7, 11) is -1.03. The number of fused-ring (bicyclic) bond motifs is 1. The zero-order valence-electron chi connectivity index (χ0n) is 27.1. The molecule has 0 bridgehead atoms. The first kappa shape index (κ1) is 33.6. The van der Waals surface area contributed by atoms with Crippen LogP contribution in [0.25, 0.3) is 5.65 Å². The van der Waals surface area contributed by atoms with Crippen LogP contribution in [-0.2, 0) is 14.9 Å². The molecule has 2 fully saturated rings. The van der Waals surface area contributed by atoms with Gasteiger partial charge < -0.3 is 14.5 Å². The van der Waals surface area contributed by atoms with Crippen molar-refractivity contribution in [2.75, 3.05) is 43.4 Å². The molecule has 2 aliphatic heterocycles. The van der Waals surface area contributed by atoms with E-state index in [-0.39, 0.29) is 29.1 Å². The molecule has 2 atom stereocenters. The Bertz CT molecular complexity index is 1770. The van der Waals surface area contributed by atoms with Crippen molar-refractivity contribution in [1.29, 1.82) is 0 Å². The minimum Gasteiger partial charge on any atom is -0.406 e. The van der Waals surface area contributed by atoms with E-state index in [9.17, 15) is 18.0 Å². The molecule has 13 nitrogen and oxygen atoms in total. The topological polar surface area (TPSA) is 143 Å². The summed E-state index contributed by atoms with van der Waals surface area (Å²) in [4.78, 5) is 37.8. The number of aryl methyl sites for hydroxylation is 1. The van der Waals surface area contributed by atoms with E-state index in [1.54, 1.807) is 21.7 Å². The van der Waals surface area contributed by atoms with E-state index in [1.807, 2.05) is 40.0 Å². The summed E-state index contributed by atoms with van der Waals surface area (Å²) in [5, 5.41) is 5.16.